The fraction of sp³-hybridized carbons (Fsp3) is 0.125. The maximum absolute atomic E-state index is 10.9. The number of carboxylic acids is 1. The van der Waals surface area contributed by atoms with E-state index in [1.165, 1.54) is 18.2 Å². The fourth-order valence-electron chi connectivity index (χ4n) is 0.998. The van der Waals surface area contributed by atoms with Gasteiger partial charge in [0, 0.05) is 0 Å². The zero-order valence-electron chi connectivity index (χ0n) is 7.76. The number of aromatic hydroxyl groups is 1. The van der Waals surface area contributed by atoms with E-state index in [4.69, 9.17) is 5.11 Å². The first-order valence-corrected chi connectivity index (χ1v) is 5.73. The van der Waals surface area contributed by atoms with Crippen molar-refractivity contribution in [3.05, 3.63) is 23.8 Å². The van der Waals surface area contributed by atoms with Crippen LogP contribution in [0.2, 0.25) is 0 Å². The molecule has 0 radical (unpaired) electrons. The molecule has 1 aromatic rings. The van der Waals surface area contributed by atoms with Gasteiger partial charge in [-0.1, -0.05) is 6.07 Å². The molecule has 0 saturated carbocycles. The number of rotatable bonds is 3. The minimum Gasteiger partial charge on any atom is -0.505 e. The zero-order chi connectivity index (χ0) is 11.6. The van der Waals surface area contributed by atoms with E-state index in [0.717, 1.165) is 6.26 Å². The molecular formula is C8H9NO5S. The van der Waals surface area contributed by atoms with Gasteiger partial charge in [-0.3, -0.25) is 4.72 Å². The topological polar surface area (TPSA) is 104 Å². The largest absolute Gasteiger partial charge is 0.505 e. The van der Waals surface area contributed by atoms with Crippen molar-refractivity contribution in [2.75, 3.05) is 11.0 Å². The number of sulfonamides is 1. The number of aromatic carboxylic acids is 1. The van der Waals surface area contributed by atoms with Crippen molar-refractivity contribution in [3.63, 3.8) is 0 Å². The van der Waals surface area contributed by atoms with Crippen LogP contribution in [0.25, 0.3) is 0 Å². The highest BCUT2D eigenvalue weighted by Gasteiger charge is 2.14. The summed E-state index contributed by atoms with van der Waals surface area (Å²) < 4.78 is 23.7. The summed E-state index contributed by atoms with van der Waals surface area (Å²) in [4.78, 5) is 10.6. The lowest BCUT2D eigenvalue weighted by Crippen LogP contribution is -2.10. The lowest BCUT2D eigenvalue weighted by atomic mass is 10.2. The van der Waals surface area contributed by atoms with Crippen LogP contribution in [-0.4, -0.2) is 30.9 Å². The number of phenols is 1. The molecule has 3 N–H and O–H groups in total. The molecule has 15 heavy (non-hydrogen) atoms. The second-order valence-electron chi connectivity index (χ2n) is 2.88. The van der Waals surface area contributed by atoms with E-state index < -0.39 is 21.7 Å². The average molecular weight is 231 g/mol. The van der Waals surface area contributed by atoms with Gasteiger partial charge in [-0.25, -0.2) is 13.2 Å². The number of para-hydroxylation sites is 1. The first-order chi connectivity index (χ1) is 6.81. The van der Waals surface area contributed by atoms with Crippen molar-refractivity contribution >= 4 is 21.7 Å². The van der Waals surface area contributed by atoms with E-state index in [-0.39, 0.29) is 11.3 Å². The van der Waals surface area contributed by atoms with E-state index >= 15 is 0 Å². The molecule has 1 aromatic carbocycles. The van der Waals surface area contributed by atoms with Crippen molar-refractivity contribution in [3.8, 4) is 5.75 Å². The third-order valence-corrected chi connectivity index (χ3v) is 2.15. The van der Waals surface area contributed by atoms with Crippen LogP contribution < -0.4 is 4.72 Å². The van der Waals surface area contributed by atoms with Crippen LogP contribution in [0.15, 0.2) is 18.2 Å². The van der Waals surface area contributed by atoms with Gasteiger partial charge in [0.2, 0.25) is 10.0 Å². The Morgan fingerprint density at radius 2 is 2.00 bits per heavy atom. The quantitative estimate of drug-likeness (QED) is 0.656. The van der Waals surface area contributed by atoms with E-state index in [9.17, 15) is 18.3 Å². The Balaban J connectivity index is 3.22. The summed E-state index contributed by atoms with van der Waals surface area (Å²) in [7, 11) is -3.55. The number of benzene rings is 1. The Morgan fingerprint density at radius 1 is 1.40 bits per heavy atom. The summed E-state index contributed by atoms with van der Waals surface area (Å²) >= 11 is 0. The monoisotopic (exact) mass is 231 g/mol. The highest BCUT2D eigenvalue weighted by atomic mass is 32.2. The molecule has 0 bridgehead atoms. The zero-order valence-corrected chi connectivity index (χ0v) is 8.58. The van der Waals surface area contributed by atoms with Crippen LogP contribution in [0.4, 0.5) is 5.69 Å². The lowest BCUT2D eigenvalue weighted by Gasteiger charge is -2.07. The lowest BCUT2D eigenvalue weighted by molar-refractivity contribution is 0.0694. The standard InChI is InChI=1S/C8H9NO5S/c1-15(13,14)9-6-4-2-3-5(7(6)10)8(11)12/h2-4,9-10H,1H3,(H,11,12). The van der Waals surface area contributed by atoms with E-state index in [1.54, 1.807) is 0 Å². The van der Waals surface area contributed by atoms with Gasteiger partial charge in [0.1, 0.15) is 5.56 Å². The van der Waals surface area contributed by atoms with Crippen molar-refractivity contribution < 1.29 is 23.4 Å². The number of hydrogen-bond donors (Lipinski definition) is 3. The second-order valence-corrected chi connectivity index (χ2v) is 4.63. The van der Waals surface area contributed by atoms with Gasteiger partial charge in [-0.05, 0) is 12.1 Å². The van der Waals surface area contributed by atoms with Gasteiger partial charge < -0.3 is 10.2 Å². The fourth-order valence-corrected chi connectivity index (χ4v) is 1.56. The van der Waals surface area contributed by atoms with Gasteiger partial charge in [0.15, 0.2) is 5.75 Å². The molecule has 0 aliphatic rings. The molecular weight excluding hydrogens is 222 g/mol. The Labute approximate surface area is 86.2 Å². The summed E-state index contributed by atoms with van der Waals surface area (Å²) in [5.74, 6) is -1.93. The van der Waals surface area contributed by atoms with Crippen LogP contribution in [0, 0.1) is 0 Å². The first kappa shape index (κ1) is 11.3. The first-order valence-electron chi connectivity index (χ1n) is 3.84. The van der Waals surface area contributed by atoms with E-state index in [0.29, 0.717) is 0 Å². The maximum atomic E-state index is 10.9. The van der Waals surface area contributed by atoms with Crippen molar-refractivity contribution in [1.82, 2.24) is 0 Å². The molecule has 0 aliphatic carbocycles. The van der Waals surface area contributed by atoms with Crippen molar-refractivity contribution in [1.29, 1.82) is 0 Å². The van der Waals surface area contributed by atoms with E-state index in [2.05, 4.69) is 0 Å². The van der Waals surface area contributed by atoms with Gasteiger partial charge in [-0.15, -0.1) is 0 Å². The molecule has 0 heterocycles. The Bertz CT molecular complexity index is 494. The molecule has 0 spiro atoms. The maximum Gasteiger partial charge on any atom is 0.339 e. The molecule has 0 amide bonds. The van der Waals surface area contributed by atoms with Gasteiger partial charge in [0.25, 0.3) is 0 Å². The molecule has 1 rings (SSSR count). The minimum absolute atomic E-state index is 0.155. The summed E-state index contributed by atoms with van der Waals surface area (Å²) in [6.07, 6.45) is 0.903. The Hall–Kier alpha value is -1.76. The van der Waals surface area contributed by atoms with Gasteiger partial charge in [0.05, 0.1) is 11.9 Å². The van der Waals surface area contributed by atoms with Crippen LogP contribution in [0.3, 0.4) is 0 Å². The summed E-state index contributed by atoms with van der Waals surface area (Å²) in [6, 6.07) is 3.77. The third-order valence-electron chi connectivity index (χ3n) is 1.56. The molecule has 82 valence electrons. The molecule has 6 nitrogen and oxygen atoms in total. The number of hydrogen-bond acceptors (Lipinski definition) is 4. The summed E-state index contributed by atoms with van der Waals surface area (Å²) in [6.45, 7) is 0. The SMILES string of the molecule is CS(=O)(=O)Nc1cccc(C(=O)O)c1O. The smallest absolute Gasteiger partial charge is 0.339 e. The molecule has 0 atom stereocenters. The molecule has 7 heteroatoms. The highest BCUT2D eigenvalue weighted by Crippen LogP contribution is 2.27. The number of anilines is 1. The predicted molar refractivity (Wildman–Crippen MR) is 53.5 cm³/mol. The van der Waals surface area contributed by atoms with Crippen LogP contribution >= 0.6 is 0 Å². The van der Waals surface area contributed by atoms with Gasteiger partial charge in [-0.2, -0.15) is 0 Å². The normalized spacial score (nSPS) is 11.0. The molecule has 0 unspecified atom stereocenters. The van der Waals surface area contributed by atoms with Crippen molar-refractivity contribution in [2.45, 2.75) is 0 Å². The number of carboxylic acid groups (broad SMARTS) is 1. The molecule has 0 saturated heterocycles. The highest BCUT2D eigenvalue weighted by molar-refractivity contribution is 7.92. The van der Waals surface area contributed by atoms with E-state index in [1.807, 2.05) is 4.72 Å². The Kier molecular flexibility index (Phi) is 2.85. The second kappa shape index (κ2) is 3.77. The van der Waals surface area contributed by atoms with Crippen molar-refractivity contribution in [2.24, 2.45) is 0 Å². The molecule has 0 aliphatic heterocycles. The number of nitrogens with one attached hydrogen (secondary N) is 1. The predicted octanol–water partition coefficient (Wildman–Crippen LogP) is 0.462. The van der Waals surface area contributed by atoms with Crippen LogP contribution in [0.5, 0.6) is 5.75 Å². The number of carbonyl (C=O) groups is 1. The van der Waals surface area contributed by atoms with Crippen LogP contribution in [-0.2, 0) is 10.0 Å². The third kappa shape index (κ3) is 2.84. The Morgan fingerprint density at radius 3 is 2.47 bits per heavy atom. The molecule has 0 aromatic heterocycles. The van der Waals surface area contributed by atoms with Gasteiger partial charge >= 0.3 is 5.97 Å². The molecule has 0 fully saturated rings. The minimum atomic E-state index is -3.55. The summed E-state index contributed by atoms with van der Waals surface area (Å²) in [5.41, 5.74) is -0.513. The average Bonchev–Trinajstić information content (AvgIpc) is 2.05. The van der Waals surface area contributed by atoms with Crippen LogP contribution in [0.1, 0.15) is 10.4 Å². The summed E-state index contributed by atoms with van der Waals surface area (Å²) in [5, 5.41) is 18.1.